The van der Waals surface area contributed by atoms with E-state index in [1.54, 1.807) is 40.1 Å². The van der Waals surface area contributed by atoms with Crippen molar-refractivity contribution in [3.63, 3.8) is 0 Å². The van der Waals surface area contributed by atoms with Crippen LogP contribution in [0.4, 0.5) is 10.5 Å². The van der Waals surface area contributed by atoms with Crippen LogP contribution in [0.1, 0.15) is 46.5 Å². The maximum absolute atomic E-state index is 12.9. The summed E-state index contributed by atoms with van der Waals surface area (Å²) in [5, 5.41) is 5.03. The molecule has 1 aliphatic rings. The van der Waals surface area contributed by atoms with Gasteiger partial charge in [-0.2, -0.15) is 0 Å². The van der Waals surface area contributed by atoms with Crippen LogP contribution in [0, 0.1) is 5.92 Å². The second-order valence-electron chi connectivity index (χ2n) is 8.62. The number of fused-ring (bicyclic) bond motifs is 1. The quantitative estimate of drug-likeness (QED) is 0.447. The SMILES string of the molecule is COc1ccc2nccc(NC(=O)C3CCC(N(N)C(=O)OC(C)(C)C)CC3)c2c1. The van der Waals surface area contributed by atoms with Crippen LogP contribution in [0.2, 0.25) is 0 Å². The number of pyridine rings is 1. The lowest BCUT2D eigenvalue weighted by atomic mass is 9.85. The minimum Gasteiger partial charge on any atom is -0.497 e. The number of carbonyl (C=O) groups is 2. The Morgan fingerprint density at radius 3 is 2.50 bits per heavy atom. The van der Waals surface area contributed by atoms with Crippen molar-refractivity contribution in [1.82, 2.24) is 9.99 Å². The highest BCUT2D eigenvalue weighted by molar-refractivity contribution is 6.02. The van der Waals surface area contributed by atoms with Gasteiger partial charge >= 0.3 is 6.09 Å². The van der Waals surface area contributed by atoms with Gasteiger partial charge in [0.2, 0.25) is 5.91 Å². The Kier molecular flexibility index (Phi) is 6.45. The summed E-state index contributed by atoms with van der Waals surface area (Å²) in [6, 6.07) is 7.22. The van der Waals surface area contributed by atoms with Gasteiger partial charge in [-0.15, -0.1) is 0 Å². The summed E-state index contributed by atoms with van der Waals surface area (Å²) < 4.78 is 10.6. The molecule has 0 radical (unpaired) electrons. The van der Waals surface area contributed by atoms with E-state index in [-0.39, 0.29) is 17.9 Å². The molecule has 0 aliphatic heterocycles. The molecule has 0 unspecified atom stereocenters. The van der Waals surface area contributed by atoms with Gasteiger partial charge in [-0.25, -0.2) is 15.6 Å². The van der Waals surface area contributed by atoms with Crippen LogP contribution in [0.15, 0.2) is 30.5 Å². The average Bonchev–Trinajstić information content (AvgIpc) is 2.72. The molecule has 8 heteroatoms. The molecule has 2 amide bonds. The summed E-state index contributed by atoms with van der Waals surface area (Å²) >= 11 is 0. The molecule has 0 atom stereocenters. The first-order valence-electron chi connectivity index (χ1n) is 10.2. The molecular weight excluding hydrogens is 384 g/mol. The smallest absolute Gasteiger partial charge is 0.424 e. The molecular formula is C22H30N4O4. The fraction of sp³-hybridized carbons (Fsp3) is 0.500. The van der Waals surface area contributed by atoms with Crippen molar-refractivity contribution < 1.29 is 19.1 Å². The predicted molar refractivity (Wildman–Crippen MR) is 115 cm³/mol. The molecule has 0 bridgehead atoms. The molecule has 162 valence electrons. The van der Waals surface area contributed by atoms with Gasteiger partial charge in [0.05, 0.1) is 24.4 Å². The van der Waals surface area contributed by atoms with Crippen LogP contribution in [-0.4, -0.2) is 40.7 Å². The van der Waals surface area contributed by atoms with E-state index < -0.39 is 11.7 Å². The molecule has 0 saturated heterocycles. The van der Waals surface area contributed by atoms with Gasteiger partial charge in [-0.3, -0.25) is 9.78 Å². The molecule has 1 aromatic heterocycles. The summed E-state index contributed by atoms with van der Waals surface area (Å²) in [5.41, 5.74) is 0.899. The molecule has 1 heterocycles. The Morgan fingerprint density at radius 1 is 1.17 bits per heavy atom. The van der Waals surface area contributed by atoms with Crippen LogP contribution < -0.4 is 15.9 Å². The van der Waals surface area contributed by atoms with Crippen LogP contribution >= 0.6 is 0 Å². The van der Waals surface area contributed by atoms with Crippen molar-refractivity contribution in [2.24, 2.45) is 11.8 Å². The number of benzene rings is 1. The van der Waals surface area contributed by atoms with Crippen molar-refractivity contribution in [2.75, 3.05) is 12.4 Å². The zero-order valence-electron chi connectivity index (χ0n) is 18.0. The molecule has 1 aromatic carbocycles. The number of hydrogen-bond acceptors (Lipinski definition) is 6. The van der Waals surface area contributed by atoms with Crippen LogP contribution in [0.25, 0.3) is 10.9 Å². The number of nitrogens with one attached hydrogen (secondary N) is 1. The van der Waals surface area contributed by atoms with Gasteiger partial charge < -0.3 is 14.8 Å². The van der Waals surface area contributed by atoms with Crippen molar-refractivity contribution in [1.29, 1.82) is 0 Å². The molecule has 1 fully saturated rings. The third-order valence-corrected chi connectivity index (χ3v) is 5.27. The summed E-state index contributed by atoms with van der Waals surface area (Å²) in [6.45, 7) is 5.41. The Labute approximate surface area is 176 Å². The molecule has 3 rings (SSSR count). The Balaban J connectivity index is 1.61. The topological polar surface area (TPSA) is 107 Å². The van der Waals surface area contributed by atoms with E-state index in [0.29, 0.717) is 37.1 Å². The standard InChI is InChI=1S/C22H30N4O4/c1-22(2,3)30-21(28)26(23)15-7-5-14(6-8-15)20(27)25-19-11-12-24-18-10-9-16(29-4)13-17(18)19/h9-15H,5-8,23H2,1-4H3,(H,24,25,27). The lowest BCUT2D eigenvalue weighted by Crippen LogP contribution is -2.49. The number of aromatic nitrogens is 1. The molecule has 8 nitrogen and oxygen atoms in total. The highest BCUT2D eigenvalue weighted by Crippen LogP contribution is 2.30. The monoisotopic (exact) mass is 414 g/mol. The summed E-state index contributed by atoms with van der Waals surface area (Å²) in [6.07, 6.45) is 3.75. The first-order chi connectivity index (χ1) is 14.2. The zero-order chi connectivity index (χ0) is 21.9. The number of nitrogens with two attached hydrogens (primary N) is 1. The number of rotatable bonds is 4. The van der Waals surface area contributed by atoms with E-state index in [2.05, 4.69) is 10.3 Å². The first kappa shape index (κ1) is 21.8. The highest BCUT2D eigenvalue weighted by Gasteiger charge is 2.32. The van der Waals surface area contributed by atoms with E-state index in [4.69, 9.17) is 15.3 Å². The highest BCUT2D eigenvalue weighted by atomic mass is 16.6. The summed E-state index contributed by atoms with van der Waals surface area (Å²) in [7, 11) is 1.60. The Bertz CT molecular complexity index is 917. The second kappa shape index (κ2) is 8.87. The average molecular weight is 415 g/mol. The summed E-state index contributed by atoms with van der Waals surface area (Å²) in [5.74, 6) is 6.50. The summed E-state index contributed by atoms with van der Waals surface area (Å²) in [4.78, 5) is 29.4. The van der Waals surface area contributed by atoms with Gasteiger partial charge in [0.25, 0.3) is 0 Å². The number of ether oxygens (including phenoxy) is 2. The van der Waals surface area contributed by atoms with E-state index in [1.165, 1.54) is 5.01 Å². The molecule has 1 saturated carbocycles. The molecule has 2 aromatic rings. The van der Waals surface area contributed by atoms with E-state index in [9.17, 15) is 9.59 Å². The van der Waals surface area contributed by atoms with Crippen molar-refractivity contribution in [3.05, 3.63) is 30.5 Å². The lowest BCUT2D eigenvalue weighted by molar-refractivity contribution is -0.121. The van der Waals surface area contributed by atoms with Crippen LogP contribution in [0.3, 0.4) is 0 Å². The van der Waals surface area contributed by atoms with Gasteiger partial charge in [-0.1, -0.05) is 0 Å². The molecule has 0 spiro atoms. The van der Waals surface area contributed by atoms with Crippen molar-refractivity contribution in [2.45, 2.75) is 58.1 Å². The number of carbonyl (C=O) groups excluding carboxylic acids is 2. The third-order valence-electron chi connectivity index (χ3n) is 5.27. The van der Waals surface area contributed by atoms with E-state index in [1.807, 2.05) is 18.2 Å². The third kappa shape index (κ3) is 5.18. The Morgan fingerprint density at radius 2 is 1.87 bits per heavy atom. The minimum atomic E-state index is -0.595. The van der Waals surface area contributed by atoms with Gasteiger partial charge in [0, 0.05) is 17.5 Å². The minimum absolute atomic E-state index is 0.0374. The number of hydrazine groups is 1. The fourth-order valence-electron chi connectivity index (χ4n) is 3.68. The fourth-order valence-corrected chi connectivity index (χ4v) is 3.68. The van der Waals surface area contributed by atoms with Gasteiger partial charge in [-0.05, 0) is 70.7 Å². The zero-order valence-corrected chi connectivity index (χ0v) is 18.0. The maximum atomic E-state index is 12.9. The second-order valence-corrected chi connectivity index (χ2v) is 8.62. The maximum Gasteiger partial charge on any atom is 0.424 e. The number of hydrogen-bond donors (Lipinski definition) is 2. The van der Waals surface area contributed by atoms with E-state index in [0.717, 1.165) is 10.9 Å². The number of amides is 2. The van der Waals surface area contributed by atoms with Gasteiger partial charge in [0.15, 0.2) is 0 Å². The lowest BCUT2D eigenvalue weighted by Gasteiger charge is -2.34. The van der Waals surface area contributed by atoms with Crippen LogP contribution in [-0.2, 0) is 9.53 Å². The molecule has 1 aliphatic carbocycles. The molecule has 3 N–H and O–H groups in total. The number of methoxy groups -OCH3 is 1. The van der Waals surface area contributed by atoms with Crippen LogP contribution in [0.5, 0.6) is 5.75 Å². The van der Waals surface area contributed by atoms with Crippen molar-refractivity contribution >= 4 is 28.6 Å². The normalized spacial score (nSPS) is 19.2. The van der Waals surface area contributed by atoms with Gasteiger partial charge in [0.1, 0.15) is 11.4 Å². The van der Waals surface area contributed by atoms with Crippen molar-refractivity contribution in [3.8, 4) is 5.75 Å². The number of anilines is 1. The largest absolute Gasteiger partial charge is 0.497 e. The number of nitrogens with zero attached hydrogens (tertiary/aromatic N) is 2. The predicted octanol–water partition coefficient (Wildman–Crippen LogP) is 3.85. The van der Waals surface area contributed by atoms with E-state index >= 15 is 0 Å². The first-order valence-corrected chi connectivity index (χ1v) is 10.2. The Hall–Kier alpha value is -2.87. The molecule has 30 heavy (non-hydrogen) atoms.